The van der Waals surface area contributed by atoms with Gasteiger partial charge in [0.15, 0.2) is 0 Å². The van der Waals surface area contributed by atoms with Crippen LogP contribution in [0.2, 0.25) is 0 Å². The maximum Gasteiger partial charge on any atom is 0.246 e. The lowest BCUT2D eigenvalue weighted by molar-refractivity contribution is 0.148. The van der Waals surface area contributed by atoms with Crippen molar-refractivity contribution in [3.63, 3.8) is 0 Å². The minimum atomic E-state index is -3.59. The van der Waals surface area contributed by atoms with Gasteiger partial charge < -0.3 is 15.2 Å². The van der Waals surface area contributed by atoms with E-state index in [9.17, 15) is 8.42 Å². The lowest BCUT2D eigenvalue weighted by atomic mass is 10.2. The molecule has 0 radical (unpaired) electrons. The van der Waals surface area contributed by atoms with E-state index in [0.717, 1.165) is 5.56 Å². The van der Waals surface area contributed by atoms with E-state index < -0.39 is 10.0 Å². The van der Waals surface area contributed by atoms with E-state index in [1.54, 1.807) is 18.2 Å². The van der Waals surface area contributed by atoms with E-state index in [1.165, 1.54) is 11.4 Å². The minimum absolute atomic E-state index is 0.171. The molecule has 1 aliphatic heterocycles. The lowest BCUT2D eigenvalue weighted by Gasteiger charge is -2.21. The van der Waals surface area contributed by atoms with Crippen molar-refractivity contribution >= 4 is 10.0 Å². The van der Waals surface area contributed by atoms with Crippen molar-refractivity contribution in [3.8, 4) is 5.75 Å². The molecule has 6 nitrogen and oxygen atoms in total. The fourth-order valence-electron chi connectivity index (χ4n) is 2.15. The quantitative estimate of drug-likeness (QED) is 0.879. The van der Waals surface area contributed by atoms with E-state index in [1.807, 2.05) is 0 Å². The summed E-state index contributed by atoms with van der Waals surface area (Å²) in [5, 5.41) is 0. The Morgan fingerprint density at radius 2 is 2.15 bits per heavy atom. The number of rotatable bonds is 4. The van der Waals surface area contributed by atoms with E-state index in [2.05, 4.69) is 0 Å². The van der Waals surface area contributed by atoms with Crippen molar-refractivity contribution in [1.82, 2.24) is 4.31 Å². The second kappa shape index (κ2) is 6.53. The van der Waals surface area contributed by atoms with Gasteiger partial charge in [0, 0.05) is 26.2 Å². The van der Waals surface area contributed by atoms with Crippen LogP contribution in [0.3, 0.4) is 0 Å². The number of hydrogen-bond acceptors (Lipinski definition) is 5. The van der Waals surface area contributed by atoms with E-state index in [4.69, 9.17) is 15.2 Å². The van der Waals surface area contributed by atoms with Crippen LogP contribution in [-0.2, 0) is 21.3 Å². The highest BCUT2D eigenvalue weighted by atomic mass is 32.2. The molecule has 0 bridgehead atoms. The van der Waals surface area contributed by atoms with Gasteiger partial charge in [-0.15, -0.1) is 0 Å². The van der Waals surface area contributed by atoms with Crippen molar-refractivity contribution in [1.29, 1.82) is 0 Å². The summed E-state index contributed by atoms with van der Waals surface area (Å²) >= 11 is 0. The summed E-state index contributed by atoms with van der Waals surface area (Å²) in [4.78, 5) is 0.171. The predicted octanol–water partition coefficient (Wildman–Crippen LogP) is 0.565. The topological polar surface area (TPSA) is 81.9 Å². The molecule has 2 N–H and O–H groups in total. The number of methoxy groups -OCH3 is 1. The SMILES string of the molecule is COc1ccc(CN)cc1S(=O)(=O)N1CCCOCC1. The molecule has 0 spiro atoms. The highest BCUT2D eigenvalue weighted by Crippen LogP contribution is 2.28. The van der Waals surface area contributed by atoms with Gasteiger partial charge in [0.05, 0.1) is 13.7 Å². The Balaban J connectivity index is 2.41. The predicted molar refractivity (Wildman–Crippen MR) is 75.1 cm³/mol. The first-order valence-corrected chi connectivity index (χ1v) is 7.98. The van der Waals surface area contributed by atoms with E-state index >= 15 is 0 Å². The molecule has 1 aliphatic rings. The molecular weight excluding hydrogens is 280 g/mol. The van der Waals surface area contributed by atoms with E-state index in [-0.39, 0.29) is 11.4 Å². The number of hydrogen-bond donors (Lipinski definition) is 1. The highest BCUT2D eigenvalue weighted by molar-refractivity contribution is 7.89. The average molecular weight is 300 g/mol. The molecule has 0 amide bonds. The zero-order valence-electron chi connectivity index (χ0n) is 11.5. The van der Waals surface area contributed by atoms with Crippen molar-refractivity contribution < 1.29 is 17.9 Å². The van der Waals surface area contributed by atoms with Crippen LogP contribution in [0.1, 0.15) is 12.0 Å². The Hall–Kier alpha value is -1.15. The molecule has 1 saturated heterocycles. The van der Waals surface area contributed by atoms with Crippen molar-refractivity contribution in [2.75, 3.05) is 33.4 Å². The number of sulfonamides is 1. The van der Waals surface area contributed by atoms with Crippen molar-refractivity contribution in [3.05, 3.63) is 23.8 Å². The molecule has 0 aromatic heterocycles. The normalized spacial score (nSPS) is 17.7. The molecule has 1 fully saturated rings. The van der Waals surface area contributed by atoms with Gasteiger partial charge in [-0.1, -0.05) is 6.07 Å². The number of ether oxygens (including phenoxy) is 2. The Kier molecular flexibility index (Phi) is 4.98. The average Bonchev–Trinajstić information content (AvgIpc) is 2.76. The van der Waals surface area contributed by atoms with Gasteiger partial charge in [0.2, 0.25) is 10.0 Å². The first kappa shape index (κ1) is 15.2. The molecule has 1 heterocycles. The largest absolute Gasteiger partial charge is 0.495 e. The van der Waals surface area contributed by atoms with Crippen LogP contribution >= 0.6 is 0 Å². The molecule has 1 aromatic carbocycles. The fraction of sp³-hybridized carbons (Fsp3) is 0.538. The third-order valence-electron chi connectivity index (χ3n) is 3.26. The number of benzene rings is 1. The van der Waals surface area contributed by atoms with Crippen LogP contribution in [0.15, 0.2) is 23.1 Å². The summed E-state index contributed by atoms with van der Waals surface area (Å²) in [6.45, 7) is 2.11. The zero-order valence-corrected chi connectivity index (χ0v) is 12.4. The van der Waals surface area contributed by atoms with Crippen LogP contribution < -0.4 is 10.5 Å². The van der Waals surface area contributed by atoms with Gasteiger partial charge >= 0.3 is 0 Å². The molecule has 2 rings (SSSR count). The van der Waals surface area contributed by atoms with Crippen LogP contribution in [0, 0.1) is 0 Å². The molecule has 0 aliphatic carbocycles. The van der Waals surface area contributed by atoms with Crippen LogP contribution in [-0.4, -0.2) is 46.1 Å². The first-order chi connectivity index (χ1) is 9.59. The molecular formula is C13H20N2O4S. The molecule has 1 aromatic rings. The standard InChI is InChI=1S/C13H20N2O4S/c1-18-12-4-3-11(10-14)9-13(12)20(16,17)15-5-2-7-19-8-6-15/h3-4,9H,2,5-8,10,14H2,1H3. The second-order valence-corrected chi connectivity index (χ2v) is 6.47. The van der Waals surface area contributed by atoms with Crippen LogP contribution in [0.4, 0.5) is 0 Å². The van der Waals surface area contributed by atoms with Crippen molar-refractivity contribution in [2.24, 2.45) is 5.73 Å². The van der Waals surface area contributed by atoms with Crippen LogP contribution in [0.5, 0.6) is 5.75 Å². The summed E-state index contributed by atoms with van der Waals surface area (Å²) in [5.74, 6) is 0.340. The summed E-state index contributed by atoms with van der Waals surface area (Å²) in [6, 6.07) is 4.99. The van der Waals surface area contributed by atoms with Gasteiger partial charge in [-0.3, -0.25) is 0 Å². The molecule has 0 unspecified atom stereocenters. The molecule has 112 valence electrons. The Bertz CT molecular complexity index is 551. The van der Waals surface area contributed by atoms with Gasteiger partial charge in [-0.25, -0.2) is 8.42 Å². The Morgan fingerprint density at radius 1 is 1.35 bits per heavy atom. The van der Waals surface area contributed by atoms with Crippen LogP contribution in [0.25, 0.3) is 0 Å². The van der Waals surface area contributed by atoms with Gasteiger partial charge in [-0.05, 0) is 24.1 Å². The third kappa shape index (κ3) is 3.12. The van der Waals surface area contributed by atoms with E-state index in [0.29, 0.717) is 38.5 Å². The van der Waals surface area contributed by atoms with Crippen molar-refractivity contribution in [2.45, 2.75) is 17.9 Å². The molecule has 7 heteroatoms. The monoisotopic (exact) mass is 300 g/mol. The van der Waals surface area contributed by atoms with Gasteiger partial charge in [0.1, 0.15) is 10.6 Å². The summed E-state index contributed by atoms with van der Waals surface area (Å²) in [6.07, 6.45) is 0.693. The first-order valence-electron chi connectivity index (χ1n) is 6.54. The summed E-state index contributed by atoms with van der Waals surface area (Å²) in [7, 11) is -2.13. The zero-order chi connectivity index (χ0) is 14.6. The molecule has 0 saturated carbocycles. The summed E-state index contributed by atoms with van der Waals surface area (Å²) < 4.78 is 37.4. The van der Waals surface area contributed by atoms with Gasteiger partial charge in [0.25, 0.3) is 0 Å². The fourth-order valence-corrected chi connectivity index (χ4v) is 3.82. The minimum Gasteiger partial charge on any atom is -0.495 e. The maximum absolute atomic E-state index is 12.7. The third-order valence-corrected chi connectivity index (χ3v) is 5.18. The maximum atomic E-state index is 12.7. The molecule has 0 atom stereocenters. The Labute approximate surface area is 119 Å². The molecule has 20 heavy (non-hydrogen) atoms. The number of nitrogens with zero attached hydrogens (tertiary/aromatic N) is 1. The van der Waals surface area contributed by atoms with Gasteiger partial charge in [-0.2, -0.15) is 4.31 Å². The second-order valence-electron chi connectivity index (χ2n) is 4.56. The smallest absolute Gasteiger partial charge is 0.246 e. The lowest BCUT2D eigenvalue weighted by Crippen LogP contribution is -2.33. The summed E-state index contributed by atoms with van der Waals surface area (Å²) in [5.41, 5.74) is 6.35. The Morgan fingerprint density at radius 3 is 2.85 bits per heavy atom. The highest BCUT2D eigenvalue weighted by Gasteiger charge is 2.28. The number of nitrogens with two attached hydrogens (primary N) is 1.